The van der Waals surface area contributed by atoms with Crippen molar-refractivity contribution in [3.63, 3.8) is 0 Å². The Morgan fingerprint density at radius 1 is 1.21 bits per heavy atom. The second kappa shape index (κ2) is 7.08. The first kappa shape index (κ1) is 18.9. The summed E-state index contributed by atoms with van der Waals surface area (Å²) in [4.78, 5) is 10.3. The molecule has 0 radical (unpaired) electrons. The van der Waals surface area contributed by atoms with Crippen molar-refractivity contribution in [3.8, 4) is 0 Å². The zero-order valence-electron chi connectivity index (χ0n) is 13.8. The summed E-state index contributed by atoms with van der Waals surface area (Å²) in [5, 5.41) is 8.48. The van der Waals surface area contributed by atoms with Crippen molar-refractivity contribution in [2.24, 2.45) is 0 Å². The van der Waals surface area contributed by atoms with E-state index in [1.54, 1.807) is 0 Å². The topological polar surface area (TPSA) is 46.5 Å². The monoisotopic (exact) mass is 320 g/mol. The molecule has 6 heteroatoms. The Morgan fingerprint density at radius 3 is 2.16 bits per heavy atom. The molecule has 0 atom stereocenters. The van der Waals surface area contributed by atoms with Crippen LogP contribution in [0, 0.1) is 0 Å². The lowest BCUT2D eigenvalue weighted by Gasteiger charge is -2.41. The minimum atomic E-state index is -1.29. The summed E-state index contributed by atoms with van der Waals surface area (Å²) in [5.74, 6) is 0. The van der Waals surface area contributed by atoms with E-state index < -0.39 is 22.3 Å². The summed E-state index contributed by atoms with van der Waals surface area (Å²) in [7, 11) is -2.26. The molecule has 0 aliphatic carbocycles. The highest BCUT2D eigenvalue weighted by atomic mass is 28.4. The third-order valence-electron chi connectivity index (χ3n) is 4.50. The predicted molar refractivity (Wildman–Crippen MR) is 91.6 cm³/mol. The molecule has 0 aromatic rings. The second-order valence-electron chi connectivity index (χ2n) is 8.05. The van der Waals surface area contributed by atoms with E-state index >= 15 is 0 Å². The molecule has 0 aromatic carbocycles. The standard InChI is InChI=1S/C13H32O3Si3/c1-13(2,17-11-18(3,4)5)19(6,7)10-8-9-16-12(14)15/h8-11,17H2,1-7H3,(H,14,15). The van der Waals surface area contributed by atoms with E-state index in [0.717, 1.165) is 6.42 Å². The van der Waals surface area contributed by atoms with Gasteiger partial charge in [-0.25, -0.2) is 4.79 Å². The number of ether oxygens (including phenoxy) is 1. The van der Waals surface area contributed by atoms with E-state index in [-0.39, 0.29) is 9.52 Å². The lowest BCUT2D eigenvalue weighted by molar-refractivity contribution is 0.0916. The van der Waals surface area contributed by atoms with Crippen molar-refractivity contribution >= 4 is 31.8 Å². The highest BCUT2D eigenvalue weighted by molar-refractivity contribution is 6.92. The molecule has 0 amide bonds. The van der Waals surface area contributed by atoms with E-state index in [0.29, 0.717) is 11.3 Å². The third kappa shape index (κ3) is 7.94. The summed E-state index contributed by atoms with van der Waals surface area (Å²) < 4.78 is 5.17. The Hall–Kier alpha value is -0.0794. The average molecular weight is 321 g/mol. The lowest BCUT2D eigenvalue weighted by Crippen LogP contribution is -2.44. The van der Waals surface area contributed by atoms with E-state index in [1.165, 1.54) is 11.7 Å². The Bertz CT molecular complexity index is 296. The molecule has 0 saturated heterocycles. The van der Waals surface area contributed by atoms with Crippen LogP contribution in [0.4, 0.5) is 4.79 Å². The largest absolute Gasteiger partial charge is 0.505 e. The van der Waals surface area contributed by atoms with Crippen LogP contribution in [0.5, 0.6) is 0 Å². The van der Waals surface area contributed by atoms with Crippen LogP contribution in [0.1, 0.15) is 20.3 Å². The van der Waals surface area contributed by atoms with Crippen LogP contribution in [0.15, 0.2) is 0 Å². The van der Waals surface area contributed by atoms with Crippen molar-refractivity contribution in [1.82, 2.24) is 0 Å². The molecule has 0 unspecified atom stereocenters. The number of hydrogen-bond donors (Lipinski definition) is 1. The summed E-state index contributed by atoms with van der Waals surface area (Å²) in [6.07, 6.45) is -0.261. The Kier molecular flexibility index (Phi) is 7.05. The van der Waals surface area contributed by atoms with Gasteiger partial charge in [0.2, 0.25) is 0 Å². The molecule has 0 heterocycles. The van der Waals surface area contributed by atoms with Gasteiger partial charge in [-0.05, 0) is 11.1 Å². The van der Waals surface area contributed by atoms with Gasteiger partial charge in [0.1, 0.15) is 0 Å². The normalized spacial score (nSPS) is 14.1. The number of rotatable bonds is 8. The van der Waals surface area contributed by atoms with E-state index in [1.807, 2.05) is 0 Å². The second-order valence-corrected chi connectivity index (χ2v) is 23.8. The Balaban J connectivity index is 4.30. The number of hydrogen-bond acceptors (Lipinski definition) is 2. The van der Waals surface area contributed by atoms with Crippen LogP contribution in [0.3, 0.4) is 0 Å². The third-order valence-corrected chi connectivity index (χ3v) is 21.6. The van der Waals surface area contributed by atoms with Crippen molar-refractivity contribution in [3.05, 3.63) is 0 Å². The molecule has 1 N–H and O–H groups in total. The molecule has 0 rings (SSSR count). The molecule has 0 saturated carbocycles. The molecule has 3 nitrogen and oxygen atoms in total. The van der Waals surface area contributed by atoms with Crippen molar-refractivity contribution in [1.29, 1.82) is 0 Å². The molecule has 0 aliphatic heterocycles. The average Bonchev–Trinajstić information content (AvgIpc) is 2.20. The van der Waals surface area contributed by atoms with E-state index in [9.17, 15) is 4.79 Å². The number of carbonyl (C=O) groups is 1. The summed E-state index contributed by atoms with van der Waals surface area (Å²) in [5.41, 5.74) is 1.52. The van der Waals surface area contributed by atoms with Gasteiger partial charge < -0.3 is 9.84 Å². The van der Waals surface area contributed by atoms with Gasteiger partial charge in [0, 0.05) is 25.7 Å². The first-order valence-corrected chi connectivity index (χ1v) is 15.9. The maximum absolute atomic E-state index is 10.3. The zero-order chi connectivity index (χ0) is 15.3. The van der Waals surface area contributed by atoms with E-state index in [4.69, 9.17) is 5.11 Å². The Morgan fingerprint density at radius 2 is 1.74 bits per heavy atom. The van der Waals surface area contributed by atoms with Gasteiger partial charge >= 0.3 is 6.16 Å². The van der Waals surface area contributed by atoms with Gasteiger partial charge in [-0.2, -0.15) is 0 Å². The summed E-state index contributed by atoms with van der Waals surface area (Å²) in [6.45, 7) is 17.6. The van der Waals surface area contributed by atoms with Gasteiger partial charge in [0.05, 0.1) is 6.61 Å². The van der Waals surface area contributed by atoms with Gasteiger partial charge in [-0.1, -0.05) is 58.3 Å². The first-order valence-electron chi connectivity index (χ1n) is 7.23. The maximum atomic E-state index is 10.3. The smallest absolute Gasteiger partial charge is 0.450 e. The SMILES string of the molecule is CC(C)([SiH2]C[Si](C)(C)C)[Si](C)(C)CCCOC(=O)O. The molecule has 0 bridgehead atoms. The highest BCUT2D eigenvalue weighted by Crippen LogP contribution is 2.40. The van der Waals surface area contributed by atoms with Gasteiger partial charge in [0.15, 0.2) is 0 Å². The molecular weight excluding hydrogens is 288 g/mol. The van der Waals surface area contributed by atoms with Gasteiger partial charge in [-0.15, -0.1) is 0 Å². The maximum Gasteiger partial charge on any atom is 0.505 e. The summed E-state index contributed by atoms with van der Waals surface area (Å²) in [6, 6.07) is 1.17. The molecule has 114 valence electrons. The van der Waals surface area contributed by atoms with Crippen LogP contribution >= 0.6 is 0 Å². The van der Waals surface area contributed by atoms with Crippen LogP contribution in [-0.4, -0.2) is 43.5 Å². The fraction of sp³-hybridized carbons (Fsp3) is 0.923. The fourth-order valence-electron chi connectivity index (χ4n) is 2.04. The van der Waals surface area contributed by atoms with Crippen LogP contribution in [0.2, 0.25) is 49.1 Å². The molecular formula is C13H32O3Si3. The predicted octanol–water partition coefficient (Wildman–Crippen LogP) is 3.98. The van der Waals surface area contributed by atoms with Crippen molar-refractivity contribution in [2.75, 3.05) is 6.61 Å². The van der Waals surface area contributed by atoms with Gasteiger partial charge in [0.25, 0.3) is 0 Å². The fourth-order valence-corrected chi connectivity index (χ4v) is 13.6. The van der Waals surface area contributed by atoms with Crippen LogP contribution in [0.25, 0.3) is 0 Å². The first-order chi connectivity index (χ1) is 8.37. The zero-order valence-corrected chi connectivity index (χ0v) is 17.2. The van der Waals surface area contributed by atoms with Crippen LogP contribution < -0.4 is 0 Å². The minimum absolute atomic E-state index is 0.0527. The minimum Gasteiger partial charge on any atom is -0.450 e. The van der Waals surface area contributed by atoms with E-state index in [2.05, 4.69) is 51.3 Å². The lowest BCUT2D eigenvalue weighted by atomic mass is 10.5. The molecule has 0 aromatic heterocycles. The quantitative estimate of drug-likeness (QED) is 0.418. The van der Waals surface area contributed by atoms with Crippen molar-refractivity contribution in [2.45, 2.75) is 69.4 Å². The molecule has 0 fully saturated rings. The van der Waals surface area contributed by atoms with Crippen molar-refractivity contribution < 1.29 is 14.6 Å². The number of carboxylic acid groups (broad SMARTS) is 1. The summed E-state index contributed by atoms with van der Waals surface area (Å²) >= 11 is 0. The van der Waals surface area contributed by atoms with Gasteiger partial charge in [-0.3, -0.25) is 0 Å². The molecule has 19 heavy (non-hydrogen) atoms. The molecule has 0 spiro atoms. The molecule has 0 aliphatic rings. The highest BCUT2D eigenvalue weighted by Gasteiger charge is 2.38. The van der Waals surface area contributed by atoms with Crippen LogP contribution in [-0.2, 0) is 4.74 Å². The Labute approximate surface area is 123 Å².